The fourth-order valence-corrected chi connectivity index (χ4v) is 1.97. The van der Waals surface area contributed by atoms with Crippen LogP contribution in [0.1, 0.15) is 39.5 Å². The summed E-state index contributed by atoms with van der Waals surface area (Å²) in [5.74, 6) is 0. The minimum absolute atomic E-state index is 0.838. The molecule has 0 N–H and O–H groups in total. The zero-order valence-electron chi connectivity index (χ0n) is 9.81. The van der Waals surface area contributed by atoms with Gasteiger partial charge in [-0.25, -0.2) is 0 Å². The number of hydrogen-bond acceptors (Lipinski definition) is 2. The van der Waals surface area contributed by atoms with Crippen LogP contribution in [-0.2, 0) is 4.74 Å². The van der Waals surface area contributed by atoms with Crippen molar-refractivity contribution in [2.45, 2.75) is 39.5 Å². The van der Waals surface area contributed by atoms with E-state index in [1.807, 2.05) is 0 Å². The molecule has 0 amide bonds. The molecule has 82 valence electrons. The average Bonchev–Trinajstić information content (AvgIpc) is 2.19. The van der Waals surface area contributed by atoms with Crippen LogP contribution >= 0.6 is 0 Å². The lowest BCUT2D eigenvalue weighted by molar-refractivity contribution is 0.161. The molecule has 0 spiro atoms. The second kappa shape index (κ2) is 6.07. The van der Waals surface area contributed by atoms with Crippen molar-refractivity contribution in [3.8, 4) is 0 Å². The molecular weight excluding hydrogens is 174 g/mol. The number of hydrogen-bond donors (Lipinski definition) is 0. The summed E-state index contributed by atoms with van der Waals surface area (Å²) in [6.45, 7) is 7.59. The third-order valence-corrected chi connectivity index (χ3v) is 3.14. The third-order valence-electron chi connectivity index (χ3n) is 3.14. The van der Waals surface area contributed by atoms with Crippen molar-refractivity contribution in [3.05, 3.63) is 11.3 Å². The van der Waals surface area contributed by atoms with Gasteiger partial charge < -0.3 is 9.64 Å². The van der Waals surface area contributed by atoms with Gasteiger partial charge >= 0.3 is 0 Å². The first-order chi connectivity index (χ1) is 6.75. The highest BCUT2D eigenvalue weighted by Crippen LogP contribution is 2.20. The van der Waals surface area contributed by atoms with Crippen LogP contribution in [0.5, 0.6) is 0 Å². The topological polar surface area (TPSA) is 12.5 Å². The van der Waals surface area contributed by atoms with E-state index in [2.05, 4.69) is 18.7 Å². The van der Waals surface area contributed by atoms with Gasteiger partial charge in [0.15, 0.2) is 0 Å². The highest BCUT2D eigenvalue weighted by Gasteiger charge is 2.10. The molecule has 0 atom stereocenters. The lowest BCUT2D eigenvalue weighted by Crippen LogP contribution is -2.28. The van der Waals surface area contributed by atoms with E-state index in [1.165, 1.54) is 37.9 Å². The molecule has 0 saturated heterocycles. The normalized spacial score (nSPS) is 24.6. The molecule has 0 aromatic rings. The predicted molar refractivity (Wildman–Crippen MR) is 60.3 cm³/mol. The Kier molecular flexibility index (Phi) is 5.02. The van der Waals surface area contributed by atoms with Crippen molar-refractivity contribution in [3.63, 3.8) is 0 Å². The molecular formula is C12H23NO. The van der Waals surface area contributed by atoms with Gasteiger partial charge in [-0.15, -0.1) is 0 Å². The molecule has 0 aromatic heterocycles. The first-order valence-electron chi connectivity index (χ1n) is 5.66. The summed E-state index contributed by atoms with van der Waals surface area (Å²) in [6, 6.07) is 0. The van der Waals surface area contributed by atoms with E-state index in [0.717, 1.165) is 13.2 Å². The number of nitrogens with zero attached hydrogens (tertiary/aromatic N) is 1. The Bertz CT molecular complexity index is 198. The monoisotopic (exact) mass is 197 g/mol. The molecule has 0 radical (unpaired) electrons. The molecule has 2 nitrogen and oxygen atoms in total. The van der Waals surface area contributed by atoms with Crippen LogP contribution in [0.2, 0.25) is 0 Å². The van der Waals surface area contributed by atoms with Crippen LogP contribution < -0.4 is 0 Å². The molecule has 1 aliphatic heterocycles. The van der Waals surface area contributed by atoms with Crippen LogP contribution in [0, 0.1) is 0 Å². The number of methoxy groups -OCH3 is 1. The highest BCUT2D eigenvalue weighted by atomic mass is 16.5. The Morgan fingerprint density at radius 1 is 1.21 bits per heavy atom. The van der Waals surface area contributed by atoms with Crippen LogP contribution in [0.3, 0.4) is 0 Å². The number of ether oxygens (including phenoxy) is 1. The van der Waals surface area contributed by atoms with E-state index in [0.29, 0.717) is 0 Å². The minimum atomic E-state index is 0.838. The SMILES string of the molecule is COCCN1CCCCC/C(C)=C\1C. The molecule has 1 rings (SSSR count). The average molecular weight is 197 g/mol. The molecule has 0 bridgehead atoms. The molecule has 0 fully saturated rings. The molecule has 2 heteroatoms. The van der Waals surface area contributed by atoms with Gasteiger partial charge in [-0.2, -0.15) is 0 Å². The van der Waals surface area contributed by atoms with Gasteiger partial charge in [-0.3, -0.25) is 0 Å². The summed E-state index contributed by atoms with van der Waals surface area (Å²) in [6.07, 6.45) is 5.33. The fraction of sp³-hybridized carbons (Fsp3) is 0.833. The maximum absolute atomic E-state index is 5.14. The maximum Gasteiger partial charge on any atom is 0.0637 e. The zero-order valence-corrected chi connectivity index (χ0v) is 9.81. The van der Waals surface area contributed by atoms with E-state index in [-0.39, 0.29) is 0 Å². The second-order valence-corrected chi connectivity index (χ2v) is 4.16. The Balaban J connectivity index is 2.58. The molecule has 1 heterocycles. The summed E-state index contributed by atoms with van der Waals surface area (Å²) in [5, 5.41) is 0. The molecule has 0 aromatic carbocycles. The standard InChI is InChI=1S/C12H23NO/c1-11-7-5-4-6-8-13(12(11)2)9-10-14-3/h4-10H2,1-3H3/b12-11-. The number of rotatable bonds is 3. The van der Waals surface area contributed by atoms with Gasteiger partial charge in [0.25, 0.3) is 0 Å². The van der Waals surface area contributed by atoms with Gasteiger partial charge in [0, 0.05) is 25.9 Å². The maximum atomic E-state index is 5.14. The summed E-state index contributed by atoms with van der Waals surface area (Å²) in [4.78, 5) is 2.47. The minimum Gasteiger partial charge on any atom is -0.383 e. The molecule has 1 aliphatic rings. The van der Waals surface area contributed by atoms with E-state index >= 15 is 0 Å². The lowest BCUT2D eigenvalue weighted by Gasteiger charge is -2.29. The van der Waals surface area contributed by atoms with Gasteiger partial charge in [0.05, 0.1) is 6.61 Å². The Morgan fingerprint density at radius 3 is 2.71 bits per heavy atom. The van der Waals surface area contributed by atoms with Gasteiger partial charge in [0.1, 0.15) is 0 Å². The van der Waals surface area contributed by atoms with Crippen LogP contribution in [-0.4, -0.2) is 31.7 Å². The zero-order chi connectivity index (χ0) is 10.4. The fourth-order valence-electron chi connectivity index (χ4n) is 1.97. The Morgan fingerprint density at radius 2 is 2.00 bits per heavy atom. The van der Waals surface area contributed by atoms with E-state index in [9.17, 15) is 0 Å². The van der Waals surface area contributed by atoms with Gasteiger partial charge in [-0.05, 0) is 33.1 Å². The second-order valence-electron chi connectivity index (χ2n) is 4.16. The van der Waals surface area contributed by atoms with E-state index in [1.54, 1.807) is 12.7 Å². The summed E-state index contributed by atoms with van der Waals surface area (Å²) in [5.41, 5.74) is 3.03. The Labute approximate surface area is 87.9 Å². The van der Waals surface area contributed by atoms with E-state index < -0.39 is 0 Å². The van der Waals surface area contributed by atoms with Crippen LogP contribution in [0.15, 0.2) is 11.3 Å². The molecule has 14 heavy (non-hydrogen) atoms. The Hall–Kier alpha value is -0.500. The van der Waals surface area contributed by atoms with Crippen molar-refractivity contribution in [1.82, 2.24) is 4.90 Å². The quantitative estimate of drug-likeness (QED) is 0.690. The smallest absolute Gasteiger partial charge is 0.0637 e. The van der Waals surface area contributed by atoms with Crippen LogP contribution in [0.4, 0.5) is 0 Å². The number of allylic oxidation sites excluding steroid dienone is 2. The lowest BCUT2D eigenvalue weighted by atomic mass is 10.0. The molecule has 0 aliphatic carbocycles. The van der Waals surface area contributed by atoms with Crippen molar-refractivity contribution >= 4 is 0 Å². The predicted octanol–water partition coefficient (Wildman–Crippen LogP) is 2.80. The summed E-state index contributed by atoms with van der Waals surface area (Å²) < 4.78 is 5.14. The van der Waals surface area contributed by atoms with Crippen molar-refractivity contribution < 1.29 is 4.74 Å². The molecule has 0 saturated carbocycles. The van der Waals surface area contributed by atoms with Crippen LogP contribution in [0.25, 0.3) is 0 Å². The van der Waals surface area contributed by atoms with E-state index in [4.69, 9.17) is 4.74 Å². The van der Waals surface area contributed by atoms with Crippen molar-refractivity contribution in [1.29, 1.82) is 0 Å². The van der Waals surface area contributed by atoms with Crippen molar-refractivity contribution in [2.24, 2.45) is 0 Å². The van der Waals surface area contributed by atoms with Gasteiger partial charge in [0.2, 0.25) is 0 Å². The first-order valence-corrected chi connectivity index (χ1v) is 5.66. The summed E-state index contributed by atoms with van der Waals surface area (Å²) >= 11 is 0. The van der Waals surface area contributed by atoms with Gasteiger partial charge in [-0.1, -0.05) is 12.0 Å². The third kappa shape index (κ3) is 3.33. The first kappa shape index (κ1) is 11.6. The largest absolute Gasteiger partial charge is 0.383 e. The molecule has 0 unspecified atom stereocenters. The van der Waals surface area contributed by atoms with Crippen molar-refractivity contribution in [2.75, 3.05) is 26.8 Å². The highest BCUT2D eigenvalue weighted by molar-refractivity contribution is 5.09. The summed E-state index contributed by atoms with van der Waals surface area (Å²) in [7, 11) is 1.77.